The van der Waals surface area contributed by atoms with Crippen molar-refractivity contribution in [2.24, 2.45) is 0 Å². The normalized spacial score (nSPS) is 7.64. The Labute approximate surface area is 66.5 Å². The van der Waals surface area contributed by atoms with Crippen LogP contribution in [0.15, 0.2) is 0 Å². The van der Waals surface area contributed by atoms with Crippen LogP contribution in [0.2, 0.25) is 0 Å². The van der Waals surface area contributed by atoms with E-state index in [2.05, 4.69) is 9.47 Å². The molecule has 66 valence electrons. The molecule has 0 radical (unpaired) electrons. The van der Waals surface area contributed by atoms with E-state index in [0.717, 1.165) is 0 Å². The summed E-state index contributed by atoms with van der Waals surface area (Å²) in [5.74, 6) is 0. The Kier molecular flexibility index (Phi) is 13.4. The predicted molar refractivity (Wildman–Crippen MR) is 40.0 cm³/mol. The van der Waals surface area contributed by atoms with Crippen LogP contribution in [0.3, 0.4) is 0 Å². The van der Waals surface area contributed by atoms with Crippen molar-refractivity contribution in [2.45, 2.75) is 26.9 Å². The Morgan fingerprint density at radius 3 is 1.82 bits per heavy atom. The van der Waals surface area contributed by atoms with Gasteiger partial charge in [0.2, 0.25) is 0 Å². The van der Waals surface area contributed by atoms with Gasteiger partial charge in [-0.15, -0.1) is 0 Å². The molecule has 0 saturated carbocycles. The van der Waals surface area contributed by atoms with Crippen LogP contribution in [0.1, 0.15) is 20.8 Å². The topological polar surface area (TPSA) is 52.6 Å². The van der Waals surface area contributed by atoms with Crippen LogP contribution >= 0.6 is 0 Å². The molecular formula is C7H14O4. The lowest BCUT2D eigenvalue weighted by Gasteiger charge is -1.96. The number of rotatable bonds is 4. The zero-order chi connectivity index (χ0) is 9.11. The van der Waals surface area contributed by atoms with Gasteiger partial charge in [0.05, 0.1) is 12.7 Å². The minimum Gasteiger partial charge on any atom is -0.468 e. The highest BCUT2D eigenvalue weighted by atomic mass is 16.5. The Hall–Kier alpha value is -1.06. The van der Waals surface area contributed by atoms with E-state index in [9.17, 15) is 9.59 Å². The molecule has 0 aliphatic carbocycles. The molecule has 4 heteroatoms. The largest absolute Gasteiger partial charge is 0.468 e. The SMILES string of the molecule is CC(C)OC=O.CCOC=O. The van der Waals surface area contributed by atoms with Crippen molar-refractivity contribution in [3.63, 3.8) is 0 Å². The maximum Gasteiger partial charge on any atom is 0.293 e. The standard InChI is InChI=1S/C4H8O2.C3H6O2/c1-4(2)6-3-5;1-2-5-3-4/h3-4H,1-2H3;3H,2H2,1H3. The van der Waals surface area contributed by atoms with Crippen LogP contribution < -0.4 is 0 Å². The van der Waals surface area contributed by atoms with Crippen molar-refractivity contribution in [2.75, 3.05) is 6.61 Å². The number of ether oxygens (including phenoxy) is 2. The van der Waals surface area contributed by atoms with Crippen molar-refractivity contribution in [3.05, 3.63) is 0 Å². The molecule has 0 bridgehead atoms. The van der Waals surface area contributed by atoms with Crippen LogP contribution in [-0.4, -0.2) is 25.7 Å². The van der Waals surface area contributed by atoms with Gasteiger partial charge in [-0.05, 0) is 20.8 Å². The minimum atomic E-state index is 0.0301. The molecule has 4 nitrogen and oxygen atoms in total. The van der Waals surface area contributed by atoms with E-state index in [0.29, 0.717) is 19.6 Å². The number of carbonyl (C=O) groups excluding carboxylic acids is 2. The molecule has 0 amide bonds. The summed E-state index contributed by atoms with van der Waals surface area (Å²) < 4.78 is 8.51. The van der Waals surface area contributed by atoms with Gasteiger partial charge in [-0.3, -0.25) is 9.59 Å². The monoisotopic (exact) mass is 162 g/mol. The fourth-order valence-electron chi connectivity index (χ4n) is 0.179. The first kappa shape index (κ1) is 12.6. The molecule has 0 heterocycles. The van der Waals surface area contributed by atoms with Gasteiger partial charge in [-0.1, -0.05) is 0 Å². The molecule has 0 rings (SSSR count). The van der Waals surface area contributed by atoms with Gasteiger partial charge in [0.25, 0.3) is 12.9 Å². The van der Waals surface area contributed by atoms with Gasteiger partial charge in [-0.25, -0.2) is 0 Å². The molecule has 11 heavy (non-hydrogen) atoms. The van der Waals surface area contributed by atoms with Gasteiger partial charge in [-0.2, -0.15) is 0 Å². The van der Waals surface area contributed by atoms with Crippen molar-refractivity contribution >= 4 is 12.9 Å². The summed E-state index contributed by atoms with van der Waals surface area (Å²) in [6, 6.07) is 0. The van der Waals surface area contributed by atoms with Crippen molar-refractivity contribution in [3.8, 4) is 0 Å². The second-order valence-electron chi connectivity index (χ2n) is 1.83. The van der Waals surface area contributed by atoms with Crippen LogP contribution in [0, 0.1) is 0 Å². The fraction of sp³-hybridized carbons (Fsp3) is 0.714. The number of hydrogen-bond donors (Lipinski definition) is 0. The van der Waals surface area contributed by atoms with Gasteiger partial charge in [0, 0.05) is 0 Å². The lowest BCUT2D eigenvalue weighted by atomic mass is 10.5. The smallest absolute Gasteiger partial charge is 0.293 e. The highest BCUT2D eigenvalue weighted by Crippen LogP contribution is 1.79. The lowest BCUT2D eigenvalue weighted by molar-refractivity contribution is -0.132. The summed E-state index contributed by atoms with van der Waals surface area (Å²) in [6.45, 7) is 6.71. The van der Waals surface area contributed by atoms with Crippen molar-refractivity contribution in [1.29, 1.82) is 0 Å². The number of carbonyl (C=O) groups is 2. The average Bonchev–Trinajstić information content (AvgIpc) is 1.90. The van der Waals surface area contributed by atoms with Gasteiger partial charge < -0.3 is 9.47 Å². The highest BCUT2D eigenvalue weighted by Gasteiger charge is 1.83. The molecule has 0 atom stereocenters. The highest BCUT2D eigenvalue weighted by molar-refractivity contribution is 5.37. The molecule has 0 aliphatic heterocycles. The molecule has 0 saturated heterocycles. The first-order valence-corrected chi connectivity index (χ1v) is 3.33. The molecule has 0 aromatic rings. The van der Waals surface area contributed by atoms with E-state index in [1.165, 1.54) is 0 Å². The Morgan fingerprint density at radius 1 is 1.27 bits per heavy atom. The quantitative estimate of drug-likeness (QED) is 0.572. The van der Waals surface area contributed by atoms with Gasteiger partial charge >= 0.3 is 0 Å². The van der Waals surface area contributed by atoms with E-state index < -0.39 is 0 Å². The van der Waals surface area contributed by atoms with Crippen LogP contribution in [0.25, 0.3) is 0 Å². The zero-order valence-corrected chi connectivity index (χ0v) is 7.07. The van der Waals surface area contributed by atoms with E-state index in [4.69, 9.17) is 0 Å². The average molecular weight is 162 g/mol. The third-order valence-corrected chi connectivity index (χ3v) is 0.562. The molecular weight excluding hydrogens is 148 g/mol. The van der Waals surface area contributed by atoms with Gasteiger partial charge in [0.1, 0.15) is 0 Å². The van der Waals surface area contributed by atoms with E-state index in [1.807, 2.05) is 0 Å². The molecule has 0 aliphatic rings. The maximum atomic E-state index is 9.39. The van der Waals surface area contributed by atoms with Gasteiger partial charge in [0.15, 0.2) is 0 Å². The van der Waals surface area contributed by atoms with E-state index in [1.54, 1.807) is 20.8 Å². The molecule has 0 N–H and O–H groups in total. The molecule has 0 aromatic heterocycles. The fourth-order valence-corrected chi connectivity index (χ4v) is 0.179. The van der Waals surface area contributed by atoms with Crippen LogP contribution in [-0.2, 0) is 19.1 Å². The summed E-state index contributed by atoms with van der Waals surface area (Å²) >= 11 is 0. The molecule has 0 aromatic carbocycles. The van der Waals surface area contributed by atoms with Crippen LogP contribution in [0.4, 0.5) is 0 Å². The summed E-state index contributed by atoms with van der Waals surface area (Å²) in [5.41, 5.74) is 0. The summed E-state index contributed by atoms with van der Waals surface area (Å²) in [6.07, 6.45) is 0.0301. The van der Waals surface area contributed by atoms with E-state index in [-0.39, 0.29) is 6.10 Å². The van der Waals surface area contributed by atoms with Crippen molar-refractivity contribution in [1.82, 2.24) is 0 Å². The zero-order valence-electron chi connectivity index (χ0n) is 7.07. The third-order valence-electron chi connectivity index (χ3n) is 0.562. The molecule has 0 spiro atoms. The van der Waals surface area contributed by atoms with Crippen LogP contribution in [0.5, 0.6) is 0 Å². The molecule has 0 unspecified atom stereocenters. The van der Waals surface area contributed by atoms with Crippen molar-refractivity contribution < 1.29 is 19.1 Å². The Morgan fingerprint density at radius 2 is 1.82 bits per heavy atom. The second-order valence-corrected chi connectivity index (χ2v) is 1.83. The third kappa shape index (κ3) is 27.7. The maximum absolute atomic E-state index is 9.39. The Bertz CT molecular complexity index is 90.4. The molecule has 0 fully saturated rings. The van der Waals surface area contributed by atoms with E-state index >= 15 is 0 Å². The summed E-state index contributed by atoms with van der Waals surface area (Å²) in [4.78, 5) is 18.6. The number of hydrogen-bond acceptors (Lipinski definition) is 4. The lowest BCUT2D eigenvalue weighted by Crippen LogP contribution is -1.98. The second kappa shape index (κ2) is 11.7. The minimum absolute atomic E-state index is 0.0301. The summed E-state index contributed by atoms with van der Waals surface area (Å²) in [7, 11) is 0. The first-order valence-electron chi connectivity index (χ1n) is 3.33. The summed E-state index contributed by atoms with van der Waals surface area (Å²) in [5, 5.41) is 0. The predicted octanol–water partition coefficient (Wildman–Crippen LogP) is 0.747. The first-order chi connectivity index (χ1) is 5.18. The Balaban J connectivity index is 0.